The zero-order valence-corrected chi connectivity index (χ0v) is 22.4. The molecule has 0 spiro atoms. The summed E-state index contributed by atoms with van der Waals surface area (Å²) in [5, 5.41) is 23.2. The molecule has 10 atom stereocenters. The van der Waals surface area contributed by atoms with Gasteiger partial charge in [0.1, 0.15) is 5.50 Å². The van der Waals surface area contributed by atoms with Crippen LogP contribution in [0.25, 0.3) is 0 Å². The van der Waals surface area contributed by atoms with Gasteiger partial charge in [0.15, 0.2) is 0 Å². The highest BCUT2D eigenvalue weighted by Gasteiger charge is 2.47. The van der Waals surface area contributed by atoms with Crippen molar-refractivity contribution in [3.8, 4) is 6.07 Å². The monoisotopic (exact) mass is 518 g/mol. The summed E-state index contributed by atoms with van der Waals surface area (Å²) in [5.74, 6) is 0.829. The zero-order chi connectivity index (χ0) is 25.2. The molecule has 9 nitrogen and oxygen atoms in total. The van der Waals surface area contributed by atoms with Crippen molar-refractivity contribution in [1.82, 2.24) is 26.2 Å². The largest absolute Gasteiger partial charge is 0.381 e. The minimum atomic E-state index is -0.117. The molecule has 2 amide bonds. The summed E-state index contributed by atoms with van der Waals surface area (Å²) in [7, 11) is 1.82. The SMILES string of the molecule is COC1CCCCC1C1CC(C)NCC1C(=O)NC1NC2CN(C(=O)C3CNCC(C#N)C3)CC2S1. The van der Waals surface area contributed by atoms with Crippen LogP contribution in [0.5, 0.6) is 0 Å². The van der Waals surface area contributed by atoms with Crippen LogP contribution in [0.2, 0.25) is 0 Å². The van der Waals surface area contributed by atoms with E-state index < -0.39 is 0 Å². The third kappa shape index (κ3) is 5.56. The number of piperidine rings is 2. The highest BCUT2D eigenvalue weighted by atomic mass is 32.2. The molecule has 10 unspecified atom stereocenters. The molecule has 4 N–H and O–H groups in total. The number of nitriles is 1. The molecule has 0 aromatic carbocycles. The Hall–Kier alpha value is -1.38. The van der Waals surface area contributed by atoms with Gasteiger partial charge in [0, 0.05) is 57.2 Å². The smallest absolute Gasteiger partial charge is 0.227 e. The topological polar surface area (TPSA) is 119 Å². The normalized spacial score (nSPS) is 43.0. The summed E-state index contributed by atoms with van der Waals surface area (Å²) < 4.78 is 5.87. The Morgan fingerprint density at radius 3 is 2.72 bits per heavy atom. The van der Waals surface area contributed by atoms with Gasteiger partial charge in [-0.15, -0.1) is 11.8 Å². The van der Waals surface area contributed by atoms with Crippen molar-refractivity contribution in [2.45, 2.75) is 74.4 Å². The number of fused-ring (bicyclic) bond motifs is 1. The van der Waals surface area contributed by atoms with Crippen molar-refractivity contribution in [2.24, 2.45) is 29.6 Å². The van der Waals surface area contributed by atoms with Crippen LogP contribution < -0.4 is 21.3 Å². The quantitative estimate of drug-likeness (QED) is 0.424. The number of rotatable bonds is 5. The molecule has 10 heteroatoms. The van der Waals surface area contributed by atoms with Crippen molar-refractivity contribution in [3.63, 3.8) is 0 Å². The average molecular weight is 519 g/mol. The van der Waals surface area contributed by atoms with Crippen LogP contribution in [0.4, 0.5) is 0 Å². The van der Waals surface area contributed by atoms with Crippen molar-refractivity contribution in [2.75, 3.05) is 39.8 Å². The molecule has 0 bridgehead atoms. The molecule has 4 aliphatic heterocycles. The zero-order valence-electron chi connectivity index (χ0n) is 21.6. The van der Waals surface area contributed by atoms with Gasteiger partial charge in [0.25, 0.3) is 0 Å². The predicted octanol–water partition coefficient (Wildman–Crippen LogP) is 0.871. The number of amides is 2. The van der Waals surface area contributed by atoms with Gasteiger partial charge < -0.3 is 25.6 Å². The molecule has 4 heterocycles. The molecule has 1 saturated carbocycles. The van der Waals surface area contributed by atoms with E-state index in [1.807, 2.05) is 12.0 Å². The fraction of sp³-hybridized carbons (Fsp3) is 0.885. The van der Waals surface area contributed by atoms with Crippen molar-refractivity contribution in [3.05, 3.63) is 0 Å². The first-order valence-electron chi connectivity index (χ1n) is 13.8. The number of nitrogens with one attached hydrogen (secondary N) is 4. The van der Waals surface area contributed by atoms with Crippen LogP contribution in [-0.2, 0) is 14.3 Å². The van der Waals surface area contributed by atoms with Gasteiger partial charge in [0.2, 0.25) is 11.8 Å². The van der Waals surface area contributed by atoms with Crippen LogP contribution in [0, 0.1) is 40.9 Å². The number of methoxy groups -OCH3 is 1. The van der Waals surface area contributed by atoms with E-state index in [9.17, 15) is 14.9 Å². The van der Waals surface area contributed by atoms with Gasteiger partial charge in [-0.05, 0) is 44.4 Å². The summed E-state index contributed by atoms with van der Waals surface area (Å²) in [5.41, 5.74) is -0.117. The number of ether oxygens (including phenoxy) is 1. The van der Waals surface area contributed by atoms with E-state index in [0.717, 1.165) is 25.8 Å². The lowest BCUT2D eigenvalue weighted by atomic mass is 9.68. The number of carbonyl (C=O) groups is 2. The second kappa shape index (κ2) is 11.6. The lowest BCUT2D eigenvalue weighted by molar-refractivity contribution is -0.135. The van der Waals surface area contributed by atoms with Gasteiger partial charge in [-0.2, -0.15) is 5.26 Å². The first kappa shape index (κ1) is 26.2. The Balaban J connectivity index is 1.15. The number of likely N-dealkylation sites (tertiary alicyclic amines) is 1. The lowest BCUT2D eigenvalue weighted by Crippen LogP contribution is -2.55. The number of hydrogen-bond acceptors (Lipinski definition) is 8. The number of nitrogens with zero attached hydrogens (tertiary/aromatic N) is 2. The molecule has 5 rings (SSSR count). The standard InChI is InChI=1S/C26H42N6O3S/c1-15-7-19(18-5-3-4-6-22(18)35-2)20(12-29-15)24(33)31-26-30-21-13-32(14-23(21)36-26)25(34)17-8-16(9-27)10-28-11-17/h15-23,26,28-30H,3-8,10-14H2,1-2H3,(H,31,33). The fourth-order valence-corrected chi connectivity index (χ4v) is 8.67. The molecule has 5 aliphatic rings. The van der Waals surface area contributed by atoms with E-state index in [-0.39, 0.29) is 52.5 Å². The number of carbonyl (C=O) groups excluding carboxylic acids is 2. The average Bonchev–Trinajstić information content (AvgIpc) is 3.47. The molecular weight excluding hydrogens is 476 g/mol. The maximum absolute atomic E-state index is 13.5. The first-order valence-corrected chi connectivity index (χ1v) is 14.8. The predicted molar refractivity (Wildman–Crippen MR) is 139 cm³/mol. The van der Waals surface area contributed by atoms with E-state index in [0.29, 0.717) is 50.5 Å². The van der Waals surface area contributed by atoms with Crippen molar-refractivity contribution in [1.29, 1.82) is 5.26 Å². The van der Waals surface area contributed by atoms with Gasteiger partial charge in [0.05, 0.1) is 29.9 Å². The van der Waals surface area contributed by atoms with Gasteiger partial charge in [-0.1, -0.05) is 12.8 Å². The number of hydrogen-bond donors (Lipinski definition) is 4. The Labute approximate surface area is 219 Å². The second-order valence-electron chi connectivity index (χ2n) is 11.5. The molecule has 1 aliphatic carbocycles. The third-order valence-corrected chi connectivity index (χ3v) is 10.5. The Morgan fingerprint density at radius 1 is 1.11 bits per heavy atom. The van der Waals surface area contributed by atoms with Gasteiger partial charge >= 0.3 is 0 Å². The van der Waals surface area contributed by atoms with Gasteiger partial charge in [-0.3, -0.25) is 14.9 Å². The minimum Gasteiger partial charge on any atom is -0.381 e. The molecule has 5 fully saturated rings. The maximum atomic E-state index is 13.5. The summed E-state index contributed by atoms with van der Waals surface area (Å²) in [4.78, 5) is 28.6. The van der Waals surface area contributed by atoms with E-state index in [2.05, 4.69) is 34.3 Å². The van der Waals surface area contributed by atoms with E-state index in [1.54, 1.807) is 11.8 Å². The minimum absolute atomic E-state index is 0.0465. The Kier molecular flexibility index (Phi) is 8.43. The Bertz CT molecular complexity index is 840. The van der Waals surface area contributed by atoms with E-state index >= 15 is 0 Å². The molecular formula is C26H42N6O3S. The molecule has 0 aromatic rings. The van der Waals surface area contributed by atoms with Crippen LogP contribution >= 0.6 is 11.8 Å². The molecule has 4 saturated heterocycles. The fourth-order valence-electron chi connectivity index (χ4n) is 7.26. The van der Waals surface area contributed by atoms with Crippen molar-refractivity contribution >= 4 is 23.6 Å². The van der Waals surface area contributed by atoms with Gasteiger partial charge in [-0.25, -0.2) is 0 Å². The highest BCUT2D eigenvalue weighted by Crippen LogP contribution is 2.40. The lowest BCUT2D eigenvalue weighted by Gasteiger charge is -2.44. The molecule has 0 aromatic heterocycles. The van der Waals surface area contributed by atoms with Crippen LogP contribution in [0.1, 0.15) is 45.4 Å². The Morgan fingerprint density at radius 2 is 1.94 bits per heavy atom. The van der Waals surface area contributed by atoms with Crippen LogP contribution in [-0.4, -0.2) is 85.5 Å². The summed E-state index contributed by atoms with van der Waals surface area (Å²) in [6.45, 7) is 5.63. The van der Waals surface area contributed by atoms with E-state index in [1.165, 1.54) is 12.8 Å². The molecule has 0 radical (unpaired) electrons. The number of thioether (sulfide) groups is 1. The maximum Gasteiger partial charge on any atom is 0.227 e. The summed E-state index contributed by atoms with van der Waals surface area (Å²) >= 11 is 1.74. The molecule has 200 valence electrons. The first-order chi connectivity index (χ1) is 17.5. The second-order valence-corrected chi connectivity index (χ2v) is 12.9. The third-order valence-electron chi connectivity index (χ3n) is 9.18. The highest BCUT2D eigenvalue weighted by molar-refractivity contribution is 8.00. The van der Waals surface area contributed by atoms with Crippen LogP contribution in [0.15, 0.2) is 0 Å². The summed E-state index contributed by atoms with van der Waals surface area (Å²) in [6, 6.07) is 2.90. The molecule has 36 heavy (non-hydrogen) atoms. The van der Waals surface area contributed by atoms with Crippen molar-refractivity contribution < 1.29 is 14.3 Å². The van der Waals surface area contributed by atoms with Crippen LogP contribution in [0.3, 0.4) is 0 Å². The van der Waals surface area contributed by atoms with E-state index in [4.69, 9.17) is 4.74 Å². The summed E-state index contributed by atoms with van der Waals surface area (Å²) in [6.07, 6.45) is 6.61.